The Morgan fingerprint density at radius 3 is 2.85 bits per heavy atom. The fourth-order valence-corrected chi connectivity index (χ4v) is 3.17. The normalized spacial score (nSPS) is 11.4. The van der Waals surface area contributed by atoms with Crippen molar-refractivity contribution in [3.63, 3.8) is 0 Å². The predicted molar refractivity (Wildman–Crippen MR) is 107 cm³/mol. The van der Waals surface area contributed by atoms with E-state index in [2.05, 4.69) is 44.3 Å². The second-order valence-electron chi connectivity index (χ2n) is 6.81. The first-order valence-electron chi connectivity index (χ1n) is 9.00. The van der Waals surface area contributed by atoms with Gasteiger partial charge in [0.25, 0.3) is 0 Å². The van der Waals surface area contributed by atoms with Crippen molar-refractivity contribution in [2.45, 2.75) is 13.1 Å². The van der Waals surface area contributed by atoms with E-state index in [1.54, 1.807) is 12.5 Å². The lowest BCUT2D eigenvalue weighted by molar-refractivity contribution is 0.299. The van der Waals surface area contributed by atoms with Crippen LogP contribution in [0.3, 0.4) is 0 Å². The summed E-state index contributed by atoms with van der Waals surface area (Å²) in [5.41, 5.74) is 4.31. The highest BCUT2D eigenvalue weighted by molar-refractivity contribution is 5.87. The Morgan fingerprint density at radius 1 is 1.15 bits per heavy atom. The minimum absolute atomic E-state index is 0.590. The molecule has 0 unspecified atom stereocenters. The zero-order chi connectivity index (χ0) is 18.6. The van der Waals surface area contributed by atoms with Crippen molar-refractivity contribution in [1.82, 2.24) is 24.6 Å². The molecule has 0 bridgehead atoms. The topological polar surface area (TPSA) is 59.0 Å². The van der Waals surface area contributed by atoms with Crippen LogP contribution in [-0.2, 0) is 13.1 Å². The molecular formula is C21H23N5O. The van der Waals surface area contributed by atoms with Crippen LogP contribution in [0.5, 0.6) is 5.75 Å². The Hall–Kier alpha value is -3.12. The molecule has 27 heavy (non-hydrogen) atoms. The highest BCUT2D eigenvalue weighted by Gasteiger charge is 2.11. The van der Waals surface area contributed by atoms with Crippen LogP contribution >= 0.6 is 0 Å². The van der Waals surface area contributed by atoms with Crippen LogP contribution in [0.4, 0.5) is 0 Å². The number of benzene rings is 2. The Balaban J connectivity index is 1.60. The van der Waals surface area contributed by atoms with E-state index >= 15 is 0 Å². The van der Waals surface area contributed by atoms with E-state index in [4.69, 9.17) is 4.74 Å². The van der Waals surface area contributed by atoms with Gasteiger partial charge >= 0.3 is 0 Å². The molecule has 4 aromatic rings. The van der Waals surface area contributed by atoms with Crippen molar-refractivity contribution in [2.75, 3.05) is 20.7 Å². The number of nitrogens with zero attached hydrogens (tertiary/aromatic N) is 4. The summed E-state index contributed by atoms with van der Waals surface area (Å²) in [5, 5.41) is 8.73. The second kappa shape index (κ2) is 7.63. The maximum atomic E-state index is 6.07. The van der Waals surface area contributed by atoms with Crippen molar-refractivity contribution >= 4 is 10.9 Å². The molecule has 0 aliphatic rings. The Morgan fingerprint density at radius 2 is 2.04 bits per heavy atom. The van der Waals surface area contributed by atoms with Crippen molar-refractivity contribution in [3.8, 4) is 16.9 Å². The predicted octanol–water partition coefficient (Wildman–Crippen LogP) is 3.57. The molecule has 0 aliphatic heterocycles. The van der Waals surface area contributed by atoms with Crippen molar-refractivity contribution < 1.29 is 4.74 Å². The van der Waals surface area contributed by atoms with Crippen LogP contribution < -0.4 is 4.74 Å². The van der Waals surface area contributed by atoms with Gasteiger partial charge in [-0.15, -0.1) is 0 Å². The molecule has 2 aromatic carbocycles. The fourth-order valence-electron chi connectivity index (χ4n) is 3.17. The molecule has 1 N–H and O–H groups in total. The molecule has 0 amide bonds. The highest BCUT2D eigenvalue weighted by atomic mass is 16.5. The van der Waals surface area contributed by atoms with Gasteiger partial charge in [0.05, 0.1) is 24.1 Å². The van der Waals surface area contributed by atoms with Crippen LogP contribution in [-0.4, -0.2) is 45.4 Å². The summed E-state index contributed by atoms with van der Waals surface area (Å²) in [7, 11) is 4.10. The number of para-hydroxylation sites is 1. The number of rotatable bonds is 7. The smallest absolute Gasteiger partial charge is 0.127 e. The number of nitrogens with one attached hydrogen (secondary N) is 1. The lowest BCUT2D eigenvalue weighted by atomic mass is 10.0. The zero-order valence-corrected chi connectivity index (χ0v) is 15.6. The second-order valence-corrected chi connectivity index (χ2v) is 6.81. The van der Waals surface area contributed by atoms with Gasteiger partial charge in [0.15, 0.2) is 0 Å². The van der Waals surface area contributed by atoms with Gasteiger partial charge in [-0.25, -0.2) is 4.98 Å². The van der Waals surface area contributed by atoms with E-state index < -0.39 is 0 Å². The standard InChI is InChI=1S/C21H23N5O/c1-25(2)14-20-18-13-16(7-8-19(18)23-24-20)17-5-3-4-6-21(17)27-12-11-26-10-9-22-15-26/h3-10,13,15H,11-12,14H2,1-2H3,(H,23,24). The summed E-state index contributed by atoms with van der Waals surface area (Å²) >= 11 is 0. The number of hydrogen-bond donors (Lipinski definition) is 1. The van der Waals surface area contributed by atoms with Gasteiger partial charge in [-0.05, 0) is 37.9 Å². The zero-order valence-electron chi connectivity index (χ0n) is 15.6. The van der Waals surface area contributed by atoms with Crippen LogP contribution in [0.2, 0.25) is 0 Å². The van der Waals surface area contributed by atoms with E-state index in [0.29, 0.717) is 6.61 Å². The summed E-state index contributed by atoms with van der Waals surface area (Å²) in [4.78, 5) is 6.18. The molecule has 6 nitrogen and oxygen atoms in total. The van der Waals surface area contributed by atoms with E-state index in [0.717, 1.165) is 46.6 Å². The molecule has 0 saturated carbocycles. The van der Waals surface area contributed by atoms with Crippen LogP contribution in [0, 0.1) is 0 Å². The third kappa shape index (κ3) is 3.85. The summed E-state index contributed by atoms with van der Waals surface area (Å²) in [6, 6.07) is 14.5. The SMILES string of the molecule is CN(C)Cc1n[nH]c2ccc(-c3ccccc3OCCn3ccnc3)cc12. The molecule has 0 atom stereocenters. The molecule has 138 valence electrons. The fraction of sp³-hybridized carbons (Fsp3) is 0.238. The van der Waals surface area contributed by atoms with Crippen molar-refractivity contribution in [2.24, 2.45) is 0 Å². The molecule has 4 rings (SSSR count). The quantitative estimate of drug-likeness (QED) is 0.547. The minimum atomic E-state index is 0.590. The monoisotopic (exact) mass is 361 g/mol. The minimum Gasteiger partial charge on any atom is -0.491 e. The number of fused-ring (bicyclic) bond motifs is 1. The summed E-state index contributed by atoms with van der Waals surface area (Å²) in [6.45, 7) is 2.15. The average Bonchev–Trinajstić information content (AvgIpc) is 3.32. The lowest BCUT2D eigenvalue weighted by Crippen LogP contribution is -2.11. The van der Waals surface area contributed by atoms with Crippen molar-refractivity contribution in [3.05, 3.63) is 66.9 Å². The number of H-pyrrole nitrogens is 1. The number of imidazole rings is 1. The Bertz CT molecular complexity index is 1020. The van der Waals surface area contributed by atoms with Crippen LogP contribution in [0.15, 0.2) is 61.2 Å². The number of ether oxygens (including phenoxy) is 1. The maximum absolute atomic E-state index is 6.07. The van der Waals surface area contributed by atoms with Gasteiger partial charge in [-0.3, -0.25) is 5.10 Å². The van der Waals surface area contributed by atoms with E-state index in [-0.39, 0.29) is 0 Å². The summed E-state index contributed by atoms with van der Waals surface area (Å²) < 4.78 is 8.08. The average molecular weight is 361 g/mol. The molecule has 0 spiro atoms. The molecule has 0 aliphatic carbocycles. The molecule has 0 fully saturated rings. The molecule has 0 radical (unpaired) electrons. The molecular weight excluding hydrogens is 338 g/mol. The molecule has 2 aromatic heterocycles. The van der Waals surface area contributed by atoms with Gasteiger partial charge < -0.3 is 14.2 Å². The first-order valence-corrected chi connectivity index (χ1v) is 9.00. The molecule has 2 heterocycles. The van der Waals surface area contributed by atoms with E-state index in [9.17, 15) is 0 Å². The van der Waals surface area contributed by atoms with Crippen LogP contribution in [0.25, 0.3) is 22.0 Å². The third-order valence-corrected chi connectivity index (χ3v) is 4.47. The van der Waals surface area contributed by atoms with E-state index in [1.165, 1.54) is 0 Å². The number of aromatic amines is 1. The third-order valence-electron chi connectivity index (χ3n) is 4.47. The lowest BCUT2D eigenvalue weighted by Gasteiger charge is -2.12. The molecule has 0 saturated heterocycles. The Kier molecular flexibility index (Phi) is 4.89. The van der Waals surface area contributed by atoms with E-state index in [1.807, 2.05) is 43.1 Å². The number of hydrogen-bond acceptors (Lipinski definition) is 4. The first-order chi connectivity index (χ1) is 13.2. The number of aromatic nitrogens is 4. The first kappa shape index (κ1) is 17.3. The summed E-state index contributed by atoms with van der Waals surface area (Å²) in [6.07, 6.45) is 5.52. The molecule has 6 heteroatoms. The Labute approximate surface area is 158 Å². The van der Waals surface area contributed by atoms with Crippen LogP contribution in [0.1, 0.15) is 5.69 Å². The van der Waals surface area contributed by atoms with Gasteiger partial charge in [-0.1, -0.05) is 24.3 Å². The van der Waals surface area contributed by atoms with Gasteiger partial charge in [0.1, 0.15) is 12.4 Å². The largest absolute Gasteiger partial charge is 0.491 e. The highest BCUT2D eigenvalue weighted by Crippen LogP contribution is 2.32. The van der Waals surface area contributed by atoms with Gasteiger partial charge in [-0.2, -0.15) is 5.10 Å². The summed E-state index contributed by atoms with van der Waals surface area (Å²) in [5.74, 6) is 0.884. The van der Waals surface area contributed by atoms with Gasteiger partial charge in [0, 0.05) is 29.9 Å². The maximum Gasteiger partial charge on any atom is 0.127 e. The van der Waals surface area contributed by atoms with Gasteiger partial charge in [0.2, 0.25) is 0 Å². The van der Waals surface area contributed by atoms with Crippen molar-refractivity contribution in [1.29, 1.82) is 0 Å².